The van der Waals surface area contributed by atoms with E-state index in [1.165, 1.54) is 12.0 Å². The first-order chi connectivity index (χ1) is 14.9. The third-order valence-electron chi connectivity index (χ3n) is 6.21. The molecule has 7 nitrogen and oxygen atoms in total. The Labute approximate surface area is 181 Å². The number of methoxy groups -OCH3 is 2. The highest BCUT2D eigenvalue weighted by atomic mass is 16.5. The normalized spacial score (nSPS) is 22.8. The third kappa shape index (κ3) is 3.87. The predicted molar refractivity (Wildman–Crippen MR) is 116 cm³/mol. The molecule has 0 aromatic heterocycles. The molecule has 2 aromatic rings. The van der Waals surface area contributed by atoms with Gasteiger partial charge in [0, 0.05) is 11.6 Å². The molecular weight excluding hydrogens is 396 g/mol. The molecule has 1 aliphatic carbocycles. The highest BCUT2D eigenvalue weighted by Crippen LogP contribution is 2.42. The van der Waals surface area contributed by atoms with Crippen molar-refractivity contribution in [1.29, 1.82) is 0 Å². The van der Waals surface area contributed by atoms with E-state index in [2.05, 4.69) is 12.2 Å². The highest BCUT2D eigenvalue weighted by molar-refractivity contribution is 6.22. The van der Waals surface area contributed by atoms with Crippen molar-refractivity contribution in [3.8, 4) is 11.5 Å². The van der Waals surface area contributed by atoms with Gasteiger partial charge in [-0.2, -0.15) is 0 Å². The van der Waals surface area contributed by atoms with Crippen LogP contribution in [-0.2, 0) is 9.59 Å². The monoisotopic (exact) mass is 422 g/mol. The zero-order valence-corrected chi connectivity index (χ0v) is 17.9. The lowest BCUT2D eigenvalue weighted by molar-refractivity contribution is -0.122. The Balaban J connectivity index is 1.58. The number of fused-ring (bicyclic) bond motifs is 1. The molecule has 4 rings (SSSR count). The molecule has 0 bridgehead atoms. The summed E-state index contributed by atoms with van der Waals surface area (Å²) in [5, 5.41) is 2.82. The number of ether oxygens (including phenoxy) is 2. The van der Waals surface area contributed by atoms with Crippen molar-refractivity contribution in [1.82, 2.24) is 0 Å². The van der Waals surface area contributed by atoms with E-state index in [4.69, 9.17) is 9.47 Å². The number of carbonyl (C=O) groups is 3. The summed E-state index contributed by atoms with van der Waals surface area (Å²) < 4.78 is 10.5. The highest BCUT2D eigenvalue weighted by Gasteiger charge is 2.50. The van der Waals surface area contributed by atoms with Crippen LogP contribution in [0.25, 0.3) is 0 Å². The Bertz CT molecular complexity index is 1030. The summed E-state index contributed by atoms with van der Waals surface area (Å²) in [5.41, 5.74) is 1.24. The number of nitrogens with zero attached hydrogens (tertiary/aromatic N) is 1. The molecule has 0 radical (unpaired) electrons. The quantitative estimate of drug-likeness (QED) is 0.739. The number of carbonyl (C=O) groups excluding carboxylic acids is 3. The van der Waals surface area contributed by atoms with Crippen molar-refractivity contribution < 1.29 is 23.9 Å². The summed E-state index contributed by atoms with van der Waals surface area (Å²) in [5.74, 6) is 0.314. The number of rotatable bonds is 5. The summed E-state index contributed by atoms with van der Waals surface area (Å²) in [7, 11) is 3.06. The standard InChI is InChI=1S/C24H26N2O5/c1-14-7-9-18-19(11-14)24(29)26(23(18)28)16-6-4-5-15(12-16)22(27)25-20-13-17(30-2)8-10-21(20)31-3/h4-6,8,10,12-14,18-19H,7,9,11H2,1-3H3,(H,25,27)/t14-,18+,19-/m0/s1. The average Bonchev–Trinajstić information content (AvgIpc) is 3.03. The van der Waals surface area contributed by atoms with Crippen molar-refractivity contribution in [2.75, 3.05) is 24.4 Å². The molecule has 0 unspecified atom stereocenters. The SMILES string of the molecule is COc1ccc(OC)c(NC(=O)c2cccc(N3C(=O)[C@H]4C[C@@H](C)CC[C@H]4C3=O)c2)c1. The Morgan fingerprint density at radius 2 is 1.77 bits per heavy atom. The lowest BCUT2D eigenvalue weighted by atomic mass is 9.76. The largest absolute Gasteiger partial charge is 0.497 e. The maximum atomic E-state index is 13.0. The van der Waals surface area contributed by atoms with Gasteiger partial charge in [0.25, 0.3) is 5.91 Å². The molecular formula is C24H26N2O5. The molecule has 1 saturated carbocycles. The fourth-order valence-electron chi connectivity index (χ4n) is 4.54. The molecule has 3 amide bonds. The molecule has 1 saturated heterocycles. The summed E-state index contributed by atoms with van der Waals surface area (Å²) >= 11 is 0. The van der Waals surface area contributed by atoms with Crippen molar-refractivity contribution in [3.63, 3.8) is 0 Å². The fraction of sp³-hybridized carbons (Fsp3) is 0.375. The number of benzene rings is 2. The number of imide groups is 1. The number of amides is 3. The van der Waals surface area contributed by atoms with Gasteiger partial charge in [-0.15, -0.1) is 0 Å². The van der Waals surface area contributed by atoms with Gasteiger partial charge in [0.2, 0.25) is 11.8 Å². The van der Waals surface area contributed by atoms with Crippen LogP contribution in [0.1, 0.15) is 36.5 Å². The summed E-state index contributed by atoms with van der Waals surface area (Å²) in [6.07, 6.45) is 2.43. The number of hydrogen-bond acceptors (Lipinski definition) is 5. The first kappa shape index (κ1) is 20.9. The van der Waals surface area contributed by atoms with E-state index in [0.717, 1.165) is 19.3 Å². The van der Waals surface area contributed by atoms with Gasteiger partial charge in [0.1, 0.15) is 11.5 Å². The van der Waals surface area contributed by atoms with Crippen molar-refractivity contribution in [2.24, 2.45) is 17.8 Å². The molecule has 2 fully saturated rings. The molecule has 1 aliphatic heterocycles. The van der Waals surface area contributed by atoms with Gasteiger partial charge in [-0.1, -0.05) is 13.0 Å². The maximum Gasteiger partial charge on any atom is 0.255 e. The molecule has 162 valence electrons. The van der Waals surface area contributed by atoms with Gasteiger partial charge in [-0.3, -0.25) is 19.3 Å². The maximum absolute atomic E-state index is 13.0. The third-order valence-corrected chi connectivity index (χ3v) is 6.21. The van der Waals surface area contributed by atoms with Gasteiger partial charge in [-0.25, -0.2) is 0 Å². The smallest absolute Gasteiger partial charge is 0.255 e. The molecule has 0 spiro atoms. The molecule has 3 atom stereocenters. The van der Waals surface area contributed by atoms with E-state index in [9.17, 15) is 14.4 Å². The van der Waals surface area contributed by atoms with E-state index in [1.54, 1.807) is 49.6 Å². The summed E-state index contributed by atoms with van der Waals surface area (Å²) in [6.45, 7) is 2.12. The summed E-state index contributed by atoms with van der Waals surface area (Å²) in [6, 6.07) is 11.7. The van der Waals surface area contributed by atoms with Crippen LogP contribution in [-0.4, -0.2) is 31.9 Å². The van der Waals surface area contributed by atoms with Crippen LogP contribution >= 0.6 is 0 Å². The lowest BCUT2D eigenvalue weighted by Gasteiger charge is -2.25. The van der Waals surface area contributed by atoms with Gasteiger partial charge >= 0.3 is 0 Å². The Morgan fingerprint density at radius 1 is 1.00 bits per heavy atom. The second-order valence-corrected chi connectivity index (χ2v) is 8.21. The Hall–Kier alpha value is -3.35. The minimum atomic E-state index is -0.376. The zero-order valence-electron chi connectivity index (χ0n) is 17.9. The Morgan fingerprint density at radius 3 is 2.52 bits per heavy atom. The second-order valence-electron chi connectivity index (χ2n) is 8.21. The zero-order chi connectivity index (χ0) is 22.1. The van der Waals surface area contributed by atoms with Crippen LogP contribution in [0.4, 0.5) is 11.4 Å². The predicted octanol–water partition coefficient (Wildman–Crippen LogP) is 3.88. The van der Waals surface area contributed by atoms with Gasteiger partial charge in [-0.05, 0) is 55.5 Å². The van der Waals surface area contributed by atoms with Gasteiger partial charge in [0.15, 0.2) is 0 Å². The molecule has 2 aromatic carbocycles. The average molecular weight is 422 g/mol. The molecule has 31 heavy (non-hydrogen) atoms. The molecule has 1 N–H and O–H groups in total. The van der Waals surface area contributed by atoms with Crippen molar-refractivity contribution >= 4 is 29.1 Å². The van der Waals surface area contributed by atoms with E-state index < -0.39 is 0 Å². The van der Waals surface area contributed by atoms with Gasteiger partial charge < -0.3 is 14.8 Å². The van der Waals surface area contributed by atoms with Crippen molar-refractivity contribution in [3.05, 3.63) is 48.0 Å². The second kappa shape index (κ2) is 8.41. The van der Waals surface area contributed by atoms with Crippen LogP contribution in [0, 0.1) is 17.8 Å². The van der Waals surface area contributed by atoms with E-state index in [1.807, 2.05) is 0 Å². The van der Waals surface area contributed by atoms with E-state index in [-0.39, 0.29) is 29.6 Å². The minimum Gasteiger partial charge on any atom is -0.497 e. The first-order valence-electron chi connectivity index (χ1n) is 10.4. The Kier molecular flexibility index (Phi) is 5.67. The summed E-state index contributed by atoms with van der Waals surface area (Å²) in [4.78, 5) is 40.1. The number of nitrogens with one attached hydrogen (secondary N) is 1. The number of hydrogen-bond donors (Lipinski definition) is 1. The molecule has 2 aliphatic rings. The fourth-order valence-corrected chi connectivity index (χ4v) is 4.54. The van der Waals surface area contributed by atoms with Crippen LogP contribution in [0.5, 0.6) is 11.5 Å². The van der Waals surface area contributed by atoms with Crippen molar-refractivity contribution in [2.45, 2.75) is 26.2 Å². The molecule has 1 heterocycles. The van der Waals surface area contributed by atoms with Crippen LogP contribution in [0.2, 0.25) is 0 Å². The van der Waals surface area contributed by atoms with Crippen LogP contribution < -0.4 is 19.7 Å². The topological polar surface area (TPSA) is 84.9 Å². The van der Waals surface area contributed by atoms with E-state index in [0.29, 0.717) is 34.4 Å². The van der Waals surface area contributed by atoms with Gasteiger partial charge in [0.05, 0.1) is 37.4 Å². The van der Waals surface area contributed by atoms with E-state index >= 15 is 0 Å². The lowest BCUT2D eigenvalue weighted by Crippen LogP contribution is -2.31. The first-order valence-corrected chi connectivity index (χ1v) is 10.4. The molecule has 7 heteroatoms. The number of anilines is 2. The van der Waals surface area contributed by atoms with Crippen LogP contribution in [0.15, 0.2) is 42.5 Å². The van der Waals surface area contributed by atoms with Crippen LogP contribution in [0.3, 0.4) is 0 Å². The minimum absolute atomic E-state index is 0.158.